The highest BCUT2D eigenvalue weighted by molar-refractivity contribution is 6.04. The minimum atomic E-state index is -1.17. The SMILES string of the molecule is CCCCCCCC/C=C\CCCCCCCC(=O)OC1NC(=O)NC1=O. The van der Waals surface area contributed by atoms with Gasteiger partial charge in [0.2, 0.25) is 0 Å². The van der Waals surface area contributed by atoms with E-state index < -0.39 is 24.1 Å². The lowest BCUT2D eigenvalue weighted by Crippen LogP contribution is -2.34. The zero-order valence-corrected chi connectivity index (χ0v) is 16.8. The Balaban J connectivity index is 1.84. The van der Waals surface area contributed by atoms with Crippen molar-refractivity contribution >= 4 is 17.9 Å². The van der Waals surface area contributed by atoms with Crippen molar-refractivity contribution in [2.24, 2.45) is 0 Å². The Morgan fingerprint density at radius 3 is 2.00 bits per heavy atom. The number of unbranched alkanes of at least 4 members (excludes halogenated alkanes) is 11. The minimum absolute atomic E-state index is 0.276. The molecule has 1 atom stereocenters. The first-order valence-electron chi connectivity index (χ1n) is 10.6. The summed E-state index contributed by atoms with van der Waals surface area (Å²) in [5.41, 5.74) is 0. The van der Waals surface area contributed by atoms with E-state index >= 15 is 0 Å². The largest absolute Gasteiger partial charge is 0.432 e. The second kappa shape index (κ2) is 15.2. The number of esters is 1. The number of nitrogens with one attached hydrogen (secondary N) is 2. The van der Waals surface area contributed by atoms with E-state index in [0.717, 1.165) is 32.1 Å². The second-order valence-electron chi connectivity index (χ2n) is 7.17. The smallest absolute Gasteiger partial charge is 0.324 e. The fourth-order valence-electron chi connectivity index (χ4n) is 3.01. The molecule has 1 heterocycles. The molecule has 0 radical (unpaired) electrons. The molecule has 1 fully saturated rings. The molecule has 3 amide bonds. The molecule has 27 heavy (non-hydrogen) atoms. The standard InChI is InChI=1S/C21H36N2O4/c1-2-3-4-5-6-7-8-9-10-11-12-13-14-15-16-17-18(24)27-20-19(25)22-21(26)23-20/h9-10,20H,2-8,11-17H2,1H3,(H2,22,23,25,26)/b10-9-. The van der Waals surface area contributed by atoms with E-state index in [9.17, 15) is 14.4 Å². The number of hydrogen-bond donors (Lipinski definition) is 2. The van der Waals surface area contributed by atoms with Gasteiger partial charge < -0.3 is 4.74 Å². The number of carbonyl (C=O) groups is 3. The van der Waals surface area contributed by atoms with Crippen LogP contribution in [0.5, 0.6) is 0 Å². The summed E-state index contributed by atoms with van der Waals surface area (Å²) in [6, 6.07) is -0.626. The van der Waals surface area contributed by atoms with E-state index in [0.29, 0.717) is 0 Å². The topological polar surface area (TPSA) is 84.5 Å². The number of amides is 3. The van der Waals surface area contributed by atoms with Crippen LogP contribution in [-0.2, 0) is 14.3 Å². The molecule has 1 aliphatic heterocycles. The van der Waals surface area contributed by atoms with Crippen LogP contribution in [0.3, 0.4) is 0 Å². The van der Waals surface area contributed by atoms with E-state index in [1.807, 2.05) is 5.32 Å². The van der Waals surface area contributed by atoms with Crippen molar-refractivity contribution in [2.45, 2.75) is 103 Å². The van der Waals surface area contributed by atoms with E-state index in [2.05, 4.69) is 24.4 Å². The van der Waals surface area contributed by atoms with Crippen LogP contribution in [0.25, 0.3) is 0 Å². The zero-order chi connectivity index (χ0) is 19.7. The van der Waals surface area contributed by atoms with Crippen LogP contribution in [0.4, 0.5) is 4.79 Å². The lowest BCUT2D eigenvalue weighted by Gasteiger charge is -2.08. The Morgan fingerprint density at radius 1 is 0.889 bits per heavy atom. The van der Waals surface area contributed by atoms with Gasteiger partial charge >= 0.3 is 12.0 Å². The van der Waals surface area contributed by atoms with Crippen molar-refractivity contribution in [3.05, 3.63) is 12.2 Å². The number of allylic oxidation sites excluding steroid dienone is 2. The Kier molecular flexibility index (Phi) is 13.1. The number of urea groups is 1. The fraction of sp³-hybridized carbons (Fsp3) is 0.762. The first kappa shape index (κ1) is 23.2. The van der Waals surface area contributed by atoms with Gasteiger partial charge in [0.1, 0.15) is 0 Å². The van der Waals surface area contributed by atoms with Crippen molar-refractivity contribution in [2.75, 3.05) is 0 Å². The van der Waals surface area contributed by atoms with Crippen LogP contribution < -0.4 is 10.6 Å². The molecule has 154 valence electrons. The summed E-state index contributed by atoms with van der Waals surface area (Å²) in [7, 11) is 0. The van der Waals surface area contributed by atoms with Crippen LogP contribution in [0.2, 0.25) is 0 Å². The molecular weight excluding hydrogens is 344 g/mol. The molecule has 0 bridgehead atoms. The molecule has 0 aliphatic carbocycles. The Hall–Kier alpha value is -1.85. The maximum atomic E-state index is 11.6. The van der Waals surface area contributed by atoms with E-state index in [-0.39, 0.29) is 6.42 Å². The summed E-state index contributed by atoms with van der Waals surface area (Å²) in [4.78, 5) is 33.8. The highest BCUT2D eigenvalue weighted by Crippen LogP contribution is 2.10. The van der Waals surface area contributed by atoms with Crippen molar-refractivity contribution < 1.29 is 19.1 Å². The molecule has 0 aromatic carbocycles. The van der Waals surface area contributed by atoms with Gasteiger partial charge in [-0.25, -0.2) is 4.79 Å². The number of ether oxygens (including phenoxy) is 1. The van der Waals surface area contributed by atoms with Crippen LogP contribution in [-0.4, -0.2) is 24.1 Å². The summed E-state index contributed by atoms with van der Waals surface area (Å²) in [6.45, 7) is 2.25. The second-order valence-corrected chi connectivity index (χ2v) is 7.17. The molecule has 6 nitrogen and oxygen atoms in total. The normalized spacial score (nSPS) is 16.6. The van der Waals surface area contributed by atoms with Gasteiger partial charge in [0.15, 0.2) is 0 Å². The van der Waals surface area contributed by atoms with Crippen molar-refractivity contribution in [1.82, 2.24) is 10.6 Å². The third-order valence-electron chi connectivity index (χ3n) is 4.63. The molecule has 0 aromatic rings. The molecule has 1 saturated heterocycles. The van der Waals surface area contributed by atoms with Crippen molar-refractivity contribution in [3.8, 4) is 0 Å². The van der Waals surface area contributed by atoms with Crippen LogP contribution in [0.1, 0.15) is 96.8 Å². The van der Waals surface area contributed by atoms with Crippen LogP contribution in [0.15, 0.2) is 12.2 Å². The van der Waals surface area contributed by atoms with Crippen molar-refractivity contribution in [3.63, 3.8) is 0 Å². The Labute approximate surface area is 163 Å². The van der Waals surface area contributed by atoms with Gasteiger partial charge in [0.25, 0.3) is 12.1 Å². The summed E-state index contributed by atoms with van der Waals surface area (Å²) >= 11 is 0. The highest BCUT2D eigenvalue weighted by atomic mass is 16.6. The summed E-state index contributed by atoms with van der Waals surface area (Å²) in [5, 5.41) is 4.26. The van der Waals surface area contributed by atoms with E-state index in [4.69, 9.17) is 4.74 Å². The van der Waals surface area contributed by atoms with Crippen LogP contribution >= 0.6 is 0 Å². The number of imide groups is 1. The summed E-state index contributed by atoms with van der Waals surface area (Å²) < 4.78 is 4.92. The third kappa shape index (κ3) is 12.2. The predicted octanol–water partition coefficient (Wildman–Crippen LogP) is 4.73. The number of rotatable bonds is 16. The fourth-order valence-corrected chi connectivity index (χ4v) is 3.01. The zero-order valence-electron chi connectivity index (χ0n) is 16.8. The molecule has 1 unspecified atom stereocenters. The van der Waals surface area contributed by atoms with Crippen molar-refractivity contribution in [1.29, 1.82) is 0 Å². The van der Waals surface area contributed by atoms with Gasteiger partial charge in [0.05, 0.1) is 0 Å². The van der Waals surface area contributed by atoms with E-state index in [1.165, 1.54) is 51.4 Å². The Bertz CT molecular complexity index is 477. The highest BCUT2D eigenvalue weighted by Gasteiger charge is 2.32. The summed E-state index contributed by atoms with van der Waals surface area (Å²) in [5.74, 6) is -1.06. The monoisotopic (exact) mass is 380 g/mol. The molecule has 0 spiro atoms. The Morgan fingerprint density at radius 2 is 1.44 bits per heavy atom. The molecule has 2 N–H and O–H groups in total. The van der Waals surface area contributed by atoms with Gasteiger partial charge in [-0.3, -0.25) is 20.2 Å². The number of hydrogen-bond acceptors (Lipinski definition) is 4. The number of carbonyl (C=O) groups excluding carboxylic acids is 3. The molecule has 1 rings (SSSR count). The lowest BCUT2D eigenvalue weighted by molar-refractivity contribution is -0.155. The maximum Gasteiger partial charge on any atom is 0.324 e. The van der Waals surface area contributed by atoms with Crippen LogP contribution in [0, 0.1) is 0 Å². The predicted molar refractivity (Wildman–Crippen MR) is 106 cm³/mol. The molecular formula is C21H36N2O4. The first-order valence-corrected chi connectivity index (χ1v) is 10.6. The van der Waals surface area contributed by atoms with Gasteiger partial charge in [-0.1, -0.05) is 70.4 Å². The van der Waals surface area contributed by atoms with E-state index in [1.54, 1.807) is 0 Å². The molecule has 6 heteroatoms. The quantitative estimate of drug-likeness (QED) is 0.175. The minimum Gasteiger partial charge on any atom is -0.432 e. The average molecular weight is 381 g/mol. The average Bonchev–Trinajstić information content (AvgIpc) is 2.95. The van der Waals surface area contributed by atoms with Gasteiger partial charge in [-0.05, 0) is 32.1 Å². The van der Waals surface area contributed by atoms with Gasteiger partial charge in [-0.2, -0.15) is 0 Å². The van der Waals surface area contributed by atoms with Gasteiger partial charge in [-0.15, -0.1) is 0 Å². The molecule has 0 saturated carbocycles. The molecule has 1 aliphatic rings. The molecule has 0 aromatic heterocycles. The first-order chi connectivity index (χ1) is 13.1. The third-order valence-corrected chi connectivity index (χ3v) is 4.63. The summed E-state index contributed by atoms with van der Waals surface area (Å²) in [6.07, 6.45) is 19.3. The maximum absolute atomic E-state index is 11.6. The van der Waals surface area contributed by atoms with Gasteiger partial charge in [0, 0.05) is 6.42 Å². The lowest BCUT2D eigenvalue weighted by atomic mass is 10.1.